The van der Waals surface area contributed by atoms with Crippen molar-refractivity contribution in [3.8, 4) is 0 Å². The molecule has 72 valence electrons. The monoisotopic (exact) mass is 192 g/mol. The number of nitrogen functional groups attached to an aromatic ring is 1. The van der Waals surface area contributed by atoms with Gasteiger partial charge in [-0.1, -0.05) is 0 Å². The van der Waals surface area contributed by atoms with E-state index in [1.807, 2.05) is 0 Å². The Balaban J connectivity index is 2.76. The van der Waals surface area contributed by atoms with Crippen molar-refractivity contribution in [3.63, 3.8) is 0 Å². The molecule has 2 rings (SSSR count). The number of nitrogens with two attached hydrogens (primary N) is 1. The highest BCUT2D eigenvalue weighted by Gasteiger charge is 2.11. The minimum absolute atomic E-state index is 0.0252. The molecule has 6 nitrogen and oxygen atoms in total. The Morgan fingerprint density at radius 2 is 2.29 bits per heavy atom. The molecule has 6 heteroatoms. The maximum atomic E-state index is 10.5. The molecule has 0 unspecified atom stereocenters. The van der Waals surface area contributed by atoms with Crippen molar-refractivity contribution in [3.05, 3.63) is 28.3 Å². The SMILES string of the molecule is Cn1nc2ccc([N+](=O)[O-])cc2c1N. The second-order valence-corrected chi connectivity index (χ2v) is 2.97. The lowest BCUT2D eigenvalue weighted by Gasteiger charge is -1.92. The van der Waals surface area contributed by atoms with E-state index in [1.165, 1.54) is 16.8 Å². The van der Waals surface area contributed by atoms with Gasteiger partial charge in [0.1, 0.15) is 5.82 Å². The fourth-order valence-corrected chi connectivity index (χ4v) is 1.32. The van der Waals surface area contributed by atoms with Crippen LogP contribution >= 0.6 is 0 Å². The first-order valence-corrected chi connectivity index (χ1v) is 3.96. The van der Waals surface area contributed by atoms with E-state index in [4.69, 9.17) is 5.73 Å². The summed E-state index contributed by atoms with van der Waals surface area (Å²) in [4.78, 5) is 10.0. The smallest absolute Gasteiger partial charge is 0.270 e. The fourth-order valence-electron chi connectivity index (χ4n) is 1.32. The first-order valence-electron chi connectivity index (χ1n) is 3.96. The van der Waals surface area contributed by atoms with Crippen LogP contribution in [-0.2, 0) is 7.05 Å². The summed E-state index contributed by atoms with van der Waals surface area (Å²) in [5.74, 6) is 0.434. The summed E-state index contributed by atoms with van der Waals surface area (Å²) in [5.41, 5.74) is 6.37. The van der Waals surface area contributed by atoms with E-state index in [2.05, 4.69) is 5.10 Å². The quantitative estimate of drug-likeness (QED) is 0.540. The molecule has 0 spiro atoms. The molecule has 0 saturated carbocycles. The van der Waals surface area contributed by atoms with Crippen molar-refractivity contribution in [1.29, 1.82) is 0 Å². The molecular weight excluding hydrogens is 184 g/mol. The number of anilines is 1. The van der Waals surface area contributed by atoms with Crippen LogP contribution in [0.3, 0.4) is 0 Å². The second-order valence-electron chi connectivity index (χ2n) is 2.97. The van der Waals surface area contributed by atoms with Gasteiger partial charge in [-0.2, -0.15) is 5.10 Å². The molecular formula is C8H8N4O2. The Morgan fingerprint density at radius 3 is 2.93 bits per heavy atom. The first-order chi connectivity index (χ1) is 6.59. The maximum Gasteiger partial charge on any atom is 0.270 e. The highest BCUT2D eigenvalue weighted by atomic mass is 16.6. The topological polar surface area (TPSA) is 87.0 Å². The van der Waals surface area contributed by atoms with Crippen LogP contribution in [0.2, 0.25) is 0 Å². The van der Waals surface area contributed by atoms with Crippen molar-refractivity contribution >= 4 is 22.4 Å². The molecule has 0 saturated heterocycles. The third-order valence-corrected chi connectivity index (χ3v) is 2.07. The van der Waals surface area contributed by atoms with Gasteiger partial charge in [-0.05, 0) is 6.07 Å². The largest absolute Gasteiger partial charge is 0.383 e. The van der Waals surface area contributed by atoms with Gasteiger partial charge >= 0.3 is 0 Å². The van der Waals surface area contributed by atoms with E-state index in [9.17, 15) is 10.1 Å². The van der Waals surface area contributed by atoms with Crippen LogP contribution in [0.15, 0.2) is 18.2 Å². The van der Waals surface area contributed by atoms with Crippen LogP contribution in [0.5, 0.6) is 0 Å². The minimum Gasteiger partial charge on any atom is -0.383 e. The van der Waals surface area contributed by atoms with Gasteiger partial charge in [0.25, 0.3) is 5.69 Å². The molecule has 0 bridgehead atoms. The van der Waals surface area contributed by atoms with E-state index >= 15 is 0 Å². The summed E-state index contributed by atoms with van der Waals surface area (Å²) in [7, 11) is 1.70. The molecule has 1 heterocycles. The molecule has 0 fully saturated rings. The molecule has 1 aromatic heterocycles. The van der Waals surface area contributed by atoms with E-state index in [0.717, 1.165) is 0 Å². The number of aromatic nitrogens is 2. The Labute approximate surface area is 79.1 Å². The number of benzene rings is 1. The van der Waals surface area contributed by atoms with Crippen LogP contribution in [0.4, 0.5) is 11.5 Å². The summed E-state index contributed by atoms with van der Waals surface area (Å²) in [6.45, 7) is 0. The first kappa shape index (κ1) is 8.49. The van der Waals surface area contributed by atoms with Gasteiger partial charge in [-0.15, -0.1) is 0 Å². The summed E-state index contributed by atoms with van der Waals surface area (Å²) in [5, 5.41) is 15.2. The molecule has 0 aliphatic rings. The van der Waals surface area contributed by atoms with Gasteiger partial charge in [0, 0.05) is 19.2 Å². The minimum atomic E-state index is -0.452. The van der Waals surface area contributed by atoms with Crippen LogP contribution < -0.4 is 5.73 Å². The predicted octanol–water partition coefficient (Wildman–Crippen LogP) is 1.06. The zero-order chi connectivity index (χ0) is 10.3. The highest BCUT2D eigenvalue weighted by Crippen LogP contribution is 2.24. The standard InChI is InChI=1S/C8H8N4O2/c1-11-8(9)6-4-5(12(13)14)2-3-7(6)10-11/h2-4H,9H2,1H3. The molecule has 1 aromatic carbocycles. The number of hydrogen-bond donors (Lipinski definition) is 1. The Kier molecular flexibility index (Phi) is 1.63. The van der Waals surface area contributed by atoms with Gasteiger partial charge in [-0.3, -0.25) is 14.8 Å². The summed E-state index contributed by atoms with van der Waals surface area (Å²) in [6.07, 6.45) is 0. The number of aryl methyl sites for hydroxylation is 1. The summed E-state index contributed by atoms with van der Waals surface area (Å²) < 4.78 is 1.49. The van der Waals surface area contributed by atoms with Crippen LogP contribution in [0.1, 0.15) is 0 Å². The second kappa shape index (κ2) is 2.69. The van der Waals surface area contributed by atoms with Gasteiger partial charge in [-0.25, -0.2) is 0 Å². The predicted molar refractivity (Wildman–Crippen MR) is 51.8 cm³/mol. The van der Waals surface area contributed by atoms with Crippen molar-refractivity contribution in [2.24, 2.45) is 7.05 Å². The lowest BCUT2D eigenvalue weighted by molar-refractivity contribution is -0.384. The van der Waals surface area contributed by atoms with Crippen molar-refractivity contribution in [2.75, 3.05) is 5.73 Å². The molecule has 14 heavy (non-hydrogen) atoms. The molecule has 0 radical (unpaired) electrons. The lowest BCUT2D eigenvalue weighted by Crippen LogP contribution is -1.96. The normalized spacial score (nSPS) is 10.6. The van der Waals surface area contributed by atoms with Crippen molar-refractivity contribution in [1.82, 2.24) is 9.78 Å². The number of nitro benzene ring substituents is 1. The molecule has 2 aromatic rings. The Hall–Kier alpha value is -2.11. The van der Waals surface area contributed by atoms with Crippen molar-refractivity contribution < 1.29 is 4.92 Å². The number of nitro groups is 1. The van der Waals surface area contributed by atoms with Crippen LogP contribution in [0, 0.1) is 10.1 Å². The van der Waals surface area contributed by atoms with Crippen LogP contribution in [0.25, 0.3) is 10.9 Å². The molecule has 0 aliphatic carbocycles. The summed E-state index contributed by atoms with van der Waals surface area (Å²) in [6, 6.07) is 4.43. The third kappa shape index (κ3) is 1.08. The highest BCUT2D eigenvalue weighted by molar-refractivity contribution is 5.90. The van der Waals surface area contributed by atoms with E-state index in [-0.39, 0.29) is 5.69 Å². The maximum absolute atomic E-state index is 10.5. The van der Waals surface area contributed by atoms with Gasteiger partial charge in [0.15, 0.2) is 0 Å². The number of fused-ring (bicyclic) bond motifs is 1. The zero-order valence-electron chi connectivity index (χ0n) is 7.47. The van der Waals surface area contributed by atoms with Gasteiger partial charge < -0.3 is 5.73 Å². The van der Waals surface area contributed by atoms with Crippen molar-refractivity contribution in [2.45, 2.75) is 0 Å². The van der Waals surface area contributed by atoms with Gasteiger partial charge in [0.2, 0.25) is 0 Å². The van der Waals surface area contributed by atoms with Crippen LogP contribution in [-0.4, -0.2) is 14.7 Å². The zero-order valence-corrected chi connectivity index (χ0v) is 7.47. The lowest BCUT2D eigenvalue weighted by atomic mass is 10.2. The molecule has 2 N–H and O–H groups in total. The average molecular weight is 192 g/mol. The Morgan fingerprint density at radius 1 is 1.57 bits per heavy atom. The molecule has 0 atom stereocenters. The third-order valence-electron chi connectivity index (χ3n) is 2.07. The van der Waals surface area contributed by atoms with Gasteiger partial charge in [0.05, 0.1) is 15.8 Å². The number of non-ortho nitro benzene ring substituents is 1. The summed E-state index contributed by atoms with van der Waals surface area (Å²) >= 11 is 0. The molecule has 0 aliphatic heterocycles. The van der Waals surface area contributed by atoms with E-state index in [1.54, 1.807) is 13.1 Å². The number of hydrogen-bond acceptors (Lipinski definition) is 4. The average Bonchev–Trinajstić information content (AvgIpc) is 2.43. The Bertz CT molecular complexity index is 517. The fraction of sp³-hybridized carbons (Fsp3) is 0.125. The number of nitrogens with zero attached hydrogens (tertiary/aromatic N) is 3. The van der Waals surface area contributed by atoms with E-state index in [0.29, 0.717) is 16.7 Å². The molecule has 0 amide bonds. The van der Waals surface area contributed by atoms with E-state index < -0.39 is 4.92 Å². The number of rotatable bonds is 1.